The molecular weight excluding hydrogens is 237 g/mol. The van der Waals surface area contributed by atoms with Crippen LogP contribution in [0.15, 0.2) is 54.6 Å². The number of rotatable bonds is 6. The van der Waals surface area contributed by atoms with Crippen LogP contribution in [-0.2, 0) is 12.8 Å². The first-order valence-corrected chi connectivity index (χ1v) is 6.73. The van der Waals surface area contributed by atoms with Crippen LogP contribution in [0.5, 0.6) is 0 Å². The number of likely N-dealkylation sites (N-methyl/N-ethyl adjacent to an activating group) is 1. The van der Waals surface area contributed by atoms with Gasteiger partial charge in [0.25, 0.3) is 0 Å². The van der Waals surface area contributed by atoms with Gasteiger partial charge in [0.1, 0.15) is 5.82 Å². The number of halogens is 1. The minimum absolute atomic E-state index is 0.157. The van der Waals surface area contributed by atoms with Crippen LogP contribution in [0.25, 0.3) is 0 Å². The van der Waals surface area contributed by atoms with E-state index < -0.39 is 0 Å². The SMILES string of the molecule is CNC(CCc1ccccc1)Cc1cccc(F)c1. The Hall–Kier alpha value is -1.67. The molecule has 0 spiro atoms. The Labute approximate surface area is 114 Å². The Kier molecular flexibility index (Phi) is 5.10. The summed E-state index contributed by atoms with van der Waals surface area (Å²) < 4.78 is 13.2. The third-order valence-corrected chi connectivity index (χ3v) is 3.40. The fourth-order valence-electron chi connectivity index (χ4n) is 2.28. The summed E-state index contributed by atoms with van der Waals surface area (Å²) in [7, 11) is 1.97. The molecule has 0 aliphatic heterocycles. The van der Waals surface area contributed by atoms with E-state index in [9.17, 15) is 4.39 Å². The van der Waals surface area contributed by atoms with Crippen LogP contribution in [0.2, 0.25) is 0 Å². The third-order valence-electron chi connectivity index (χ3n) is 3.40. The zero-order valence-electron chi connectivity index (χ0n) is 11.3. The van der Waals surface area contributed by atoms with E-state index in [1.807, 2.05) is 19.2 Å². The molecule has 19 heavy (non-hydrogen) atoms. The largest absolute Gasteiger partial charge is 0.317 e. The van der Waals surface area contributed by atoms with Crippen molar-refractivity contribution in [1.82, 2.24) is 5.32 Å². The Balaban J connectivity index is 1.90. The molecule has 1 unspecified atom stereocenters. The van der Waals surface area contributed by atoms with Crippen molar-refractivity contribution in [3.05, 3.63) is 71.5 Å². The van der Waals surface area contributed by atoms with Gasteiger partial charge in [0.2, 0.25) is 0 Å². The number of hydrogen-bond donors (Lipinski definition) is 1. The monoisotopic (exact) mass is 257 g/mol. The van der Waals surface area contributed by atoms with E-state index >= 15 is 0 Å². The van der Waals surface area contributed by atoms with Crippen molar-refractivity contribution < 1.29 is 4.39 Å². The van der Waals surface area contributed by atoms with Crippen molar-refractivity contribution in [3.8, 4) is 0 Å². The lowest BCUT2D eigenvalue weighted by Crippen LogP contribution is -2.28. The molecule has 2 aromatic rings. The Morgan fingerprint density at radius 2 is 1.74 bits per heavy atom. The predicted molar refractivity (Wildman–Crippen MR) is 77.7 cm³/mol. The molecule has 0 aliphatic carbocycles. The highest BCUT2D eigenvalue weighted by molar-refractivity contribution is 5.18. The van der Waals surface area contributed by atoms with E-state index in [0.29, 0.717) is 6.04 Å². The van der Waals surface area contributed by atoms with E-state index in [0.717, 1.165) is 24.8 Å². The minimum atomic E-state index is -0.157. The molecule has 1 nitrogen and oxygen atoms in total. The van der Waals surface area contributed by atoms with Crippen LogP contribution >= 0.6 is 0 Å². The van der Waals surface area contributed by atoms with Crippen LogP contribution in [0.1, 0.15) is 17.5 Å². The summed E-state index contributed by atoms with van der Waals surface area (Å²) in [4.78, 5) is 0. The molecule has 2 aromatic carbocycles. The molecule has 1 N–H and O–H groups in total. The van der Waals surface area contributed by atoms with Gasteiger partial charge in [0.05, 0.1) is 0 Å². The van der Waals surface area contributed by atoms with Gasteiger partial charge in [-0.3, -0.25) is 0 Å². The maximum absolute atomic E-state index is 13.2. The fraction of sp³-hybridized carbons (Fsp3) is 0.294. The summed E-state index contributed by atoms with van der Waals surface area (Å²) in [5, 5.41) is 3.32. The summed E-state index contributed by atoms with van der Waals surface area (Å²) in [6, 6.07) is 17.7. The normalized spacial score (nSPS) is 12.3. The molecule has 2 heteroatoms. The number of hydrogen-bond acceptors (Lipinski definition) is 1. The summed E-state index contributed by atoms with van der Waals surface area (Å²) in [6.07, 6.45) is 2.96. The molecule has 0 saturated heterocycles. The molecule has 0 radical (unpaired) electrons. The van der Waals surface area contributed by atoms with Gasteiger partial charge in [-0.05, 0) is 49.6 Å². The lowest BCUT2D eigenvalue weighted by molar-refractivity contribution is 0.518. The van der Waals surface area contributed by atoms with Crippen LogP contribution in [-0.4, -0.2) is 13.1 Å². The lowest BCUT2D eigenvalue weighted by atomic mass is 9.99. The minimum Gasteiger partial charge on any atom is -0.317 e. The molecule has 2 rings (SSSR count). The zero-order valence-corrected chi connectivity index (χ0v) is 11.3. The first kappa shape index (κ1) is 13.8. The molecule has 0 amide bonds. The highest BCUT2D eigenvalue weighted by Gasteiger charge is 2.08. The first-order chi connectivity index (χ1) is 9.28. The second-order valence-electron chi connectivity index (χ2n) is 4.84. The molecule has 0 aromatic heterocycles. The molecular formula is C17H20FN. The van der Waals surface area contributed by atoms with Gasteiger partial charge < -0.3 is 5.32 Å². The molecule has 0 saturated carbocycles. The fourth-order valence-corrected chi connectivity index (χ4v) is 2.28. The number of nitrogens with one attached hydrogen (secondary N) is 1. The van der Waals surface area contributed by atoms with Crippen LogP contribution in [0, 0.1) is 5.82 Å². The van der Waals surface area contributed by atoms with Gasteiger partial charge in [-0.25, -0.2) is 4.39 Å². The van der Waals surface area contributed by atoms with E-state index in [1.54, 1.807) is 12.1 Å². The van der Waals surface area contributed by atoms with Crippen molar-refractivity contribution in [1.29, 1.82) is 0 Å². The van der Waals surface area contributed by atoms with Crippen LogP contribution < -0.4 is 5.32 Å². The number of aryl methyl sites for hydroxylation is 1. The van der Waals surface area contributed by atoms with Crippen molar-refractivity contribution >= 4 is 0 Å². The molecule has 0 bridgehead atoms. The maximum atomic E-state index is 13.2. The first-order valence-electron chi connectivity index (χ1n) is 6.73. The second kappa shape index (κ2) is 7.05. The van der Waals surface area contributed by atoms with Crippen molar-refractivity contribution in [2.24, 2.45) is 0 Å². The second-order valence-corrected chi connectivity index (χ2v) is 4.84. The third kappa shape index (κ3) is 4.49. The predicted octanol–water partition coefficient (Wildman–Crippen LogP) is 3.59. The Bertz CT molecular complexity index is 496. The zero-order chi connectivity index (χ0) is 13.5. The highest BCUT2D eigenvalue weighted by Crippen LogP contribution is 2.11. The average molecular weight is 257 g/mol. The van der Waals surface area contributed by atoms with Crippen LogP contribution in [0.4, 0.5) is 4.39 Å². The standard InChI is InChI=1S/C17H20FN/c1-19-17(11-10-14-6-3-2-4-7-14)13-15-8-5-9-16(18)12-15/h2-9,12,17,19H,10-11,13H2,1H3. The van der Waals surface area contributed by atoms with Gasteiger partial charge in [-0.15, -0.1) is 0 Å². The topological polar surface area (TPSA) is 12.0 Å². The molecule has 1 atom stereocenters. The van der Waals surface area contributed by atoms with Gasteiger partial charge >= 0.3 is 0 Å². The smallest absolute Gasteiger partial charge is 0.123 e. The van der Waals surface area contributed by atoms with E-state index in [2.05, 4.69) is 29.6 Å². The van der Waals surface area contributed by atoms with Gasteiger partial charge in [0.15, 0.2) is 0 Å². The quantitative estimate of drug-likeness (QED) is 0.834. The Morgan fingerprint density at radius 3 is 2.42 bits per heavy atom. The van der Waals surface area contributed by atoms with Gasteiger partial charge in [-0.2, -0.15) is 0 Å². The van der Waals surface area contributed by atoms with E-state index in [4.69, 9.17) is 0 Å². The molecule has 0 fully saturated rings. The average Bonchev–Trinajstić information content (AvgIpc) is 2.44. The molecule has 0 aliphatic rings. The summed E-state index contributed by atoms with van der Waals surface area (Å²) in [6.45, 7) is 0. The summed E-state index contributed by atoms with van der Waals surface area (Å²) >= 11 is 0. The van der Waals surface area contributed by atoms with Crippen molar-refractivity contribution in [2.45, 2.75) is 25.3 Å². The van der Waals surface area contributed by atoms with Crippen LogP contribution in [0.3, 0.4) is 0 Å². The summed E-state index contributed by atoms with van der Waals surface area (Å²) in [5.74, 6) is -0.157. The van der Waals surface area contributed by atoms with Gasteiger partial charge in [0, 0.05) is 6.04 Å². The van der Waals surface area contributed by atoms with E-state index in [-0.39, 0.29) is 5.82 Å². The summed E-state index contributed by atoms with van der Waals surface area (Å²) in [5.41, 5.74) is 2.40. The Morgan fingerprint density at radius 1 is 1.00 bits per heavy atom. The lowest BCUT2D eigenvalue weighted by Gasteiger charge is -2.16. The van der Waals surface area contributed by atoms with Crippen molar-refractivity contribution in [3.63, 3.8) is 0 Å². The van der Waals surface area contributed by atoms with Gasteiger partial charge in [-0.1, -0.05) is 42.5 Å². The van der Waals surface area contributed by atoms with E-state index in [1.165, 1.54) is 11.6 Å². The number of benzene rings is 2. The molecule has 100 valence electrons. The molecule has 0 heterocycles. The highest BCUT2D eigenvalue weighted by atomic mass is 19.1. The maximum Gasteiger partial charge on any atom is 0.123 e. The van der Waals surface area contributed by atoms with Crippen molar-refractivity contribution in [2.75, 3.05) is 7.05 Å².